The molecule has 0 aromatic carbocycles. The summed E-state index contributed by atoms with van der Waals surface area (Å²) < 4.78 is 1.08. The molecule has 1 aliphatic carbocycles. The van der Waals surface area contributed by atoms with Crippen LogP contribution in [0.15, 0.2) is 15.9 Å². The zero-order chi connectivity index (χ0) is 9.26. The maximum absolute atomic E-state index is 11.4. The van der Waals surface area contributed by atoms with Crippen molar-refractivity contribution in [3.05, 3.63) is 20.8 Å². The van der Waals surface area contributed by atoms with Gasteiger partial charge in [0.05, 0.1) is 10.2 Å². The summed E-state index contributed by atoms with van der Waals surface area (Å²) >= 11 is 4.99. The van der Waals surface area contributed by atoms with Gasteiger partial charge in [-0.25, -0.2) is 0 Å². The third-order valence-corrected chi connectivity index (χ3v) is 3.53. The Morgan fingerprint density at radius 3 is 2.92 bits per heavy atom. The zero-order valence-electron chi connectivity index (χ0n) is 7.05. The van der Waals surface area contributed by atoms with Gasteiger partial charge in [-0.15, -0.1) is 11.3 Å². The van der Waals surface area contributed by atoms with Gasteiger partial charge in [0.1, 0.15) is 0 Å². The fourth-order valence-electron chi connectivity index (χ4n) is 1.11. The normalized spacial score (nSPS) is 15.8. The van der Waals surface area contributed by atoms with Crippen molar-refractivity contribution in [1.29, 1.82) is 0 Å². The van der Waals surface area contributed by atoms with Crippen LogP contribution in [0.2, 0.25) is 0 Å². The van der Waals surface area contributed by atoms with Gasteiger partial charge in [0, 0.05) is 10.9 Å². The van der Waals surface area contributed by atoms with Crippen molar-refractivity contribution in [3.63, 3.8) is 0 Å². The number of rotatable bonds is 3. The van der Waals surface area contributed by atoms with Gasteiger partial charge in [-0.3, -0.25) is 4.79 Å². The van der Waals surface area contributed by atoms with Crippen molar-refractivity contribution in [2.45, 2.75) is 25.3 Å². The topological polar surface area (TPSA) is 29.1 Å². The van der Waals surface area contributed by atoms with Crippen molar-refractivity contribution in [2.75, 3.05) is 0 Å². The van der Waals surface area contributed by atoms with E-state index in [1.165, 1.54) is 0 Å². The molecular weight excluding hydrogens is 250 g/mol. The number of hydrogen-bond acceptors (Lipinski definition) is 2. The average molecular weight is 260 g/mol. The first kappa shape index (κ1) is 9.21. The number of hydrogen-bond donors (Lipinski definition) is 1. The first-order chi connectivity index (χ1) is 6.24. The molecule has 13 heavy (non-hydrogen) atoms. The molecule has 1 N–H and O–H groups in total. The minimum atomic E-state index is 0.150. The molecule has 1 aromatic rings. The lowest BCUT2D eigenvalue weighted by Gasteiger charge is -1.99. The molecule has 0 unspecified atom stereocenters. The predicted molar refractivity (Wildman–Crippen MR) is 56.9 cm³/mol. The van der Waals surface area contributed by atoms with Crippen LogP contribution in [0.1, 0.15) is 17.7 Å². The van der Waals surface area contributed by atoms with Gasteiger partial charge in [-0.05, 0) is 40.9 Å². The summed E-state index contributed by atoms with van der Waals surface area (Å²) in [6.45, 7) is 0. The van der Waals surface area contributed by atoms with Gasteiger partial charge >= 0.3 is 0 Å². The molecule has 2 nitrogen and oxygen atoms in total. The standard InChI is InChI=1S/C9H10BrNOS/c10-8-4-3-7(13-8)5-9(12)11-6-1-2-6/h3-4,6H,1-2,5H2,(H,11,12). The summed E-state index contributed by atoms with van der Waals surface area (Å²) in [4.78, 5) is 12.5. The fraction of sp³-hybridized carbons (Fsp3) is 0.444. The van der Waals surface area contributed by atoms with Crippen LogP contribution in [-0.4, -0.2) is 11.9 Å². The van der Waals surface area contributed by atoms with Crippen LogP contribution in [0.5, 0.6) is 0 Å². The van der Waals surface area contributed by atoms with E-state index >= 15 is 0 Å². The van der Waals surface area contributed by atoms with Crippen LogP contribution in [0.25, 0.3) is 0 Å². The van der Waals surface area contributed by atoms with Crippen molar-refractivity contribution in [1.82, 2.24) is 5.32 Å². The molecular formula is C9H10BrNOS. The maximum Gasteiger partial charge on any atom is 0.225 e. The number of thiophene rings is 1. The lowest BCUT2D eigenvalue weighted by atomic mass is 10.3. The predicted octanol–water partition coefficient (Wildman–Crippen LogP) is 2.33. The minimum Gasteiger partial charge on any atom is -0.353 e. The highest BCUT2D eigenvalue weighted by atomic mass is 79.9. The summed E-state index contributed by atoms with van der Waals surface area (Å²) in [5, 5.41) is 2.96. The zero-order valence-corrected chi connectivity index (χ0v) is 9.45. The molecule has 1 amide bonds. The summed E-state index contributed by atoms with van der Waals surface area (Å²) in [5.41, 5.74) is 0. The van der Waals surface area contributed by atoms with Gasteiger partial charge in [0.15, 0.2) is 0 Å². The molecule has 0 saturated heterocycles. The Balaban J connectivity index is 1.85. The molecule has 1 fully saturated rings. The largest absolute Gasteiger partial charge is 0.353 e. The van der Waals surface area contributed by atoms with Crippen LogP contribution in [0.3, 0.4) is 0 Å². The highest BCUT2D eigenvalue weighted by Gasteiger charge is 2.23. The van der Waals surface area contributed by atoms with E-state index in [2.05, 4.69) is 21.2 Å². The van der Waals surface area contributed by atoms with Gasteiger partial charge < -0.3 is 5.32 Å². The second-order valence-electron chi connectivity index (χ2n) is 3.22. The van der Waals surface area contributed by atoms with Gasteiger partial charge in [0.2, 0.25) is 5.91 Å². The Labute approximate surface area is 89.5 Å². The molecule has 1 saturated carbocycles. The Bertz CT molecular complexity index is 319. The SMILES string of the molecule is O=C(Cc1ccc(Br)s1)NC1CC1. The van der Waals surface area contributed by atoms with Gasteiger partial charge in [-0.2, -0.15) is 0 Å². The van der Waals surface area contributed by atoms with E-state index in [0.717, 1.165) is 21.5 Å². The smallest absolute Gasteiger partial charge is 0.225 e. The second kappa shape index (κ2) is 3.80. The van der Waals surface area contributed by atoms with Gasteiger partial charge in [0.25, 0.3) is 0 Å². The van der Waals surface area contributed by atoms with E-state index in [9.17, 15) is 4.79 Å². The first-order valence-corrected chi connectivity index (χ1v) is 5.88. The third kappa shape index (κ3) is 2.81. The lowest BCUT2D eigenvalue weighted by Crippen LogP contribution is -2.26. The Morgan fingerprint density at radius 2 is 2.38 bits per heavy atom. The average Bonchev–Trinajstić information content (AvgIpc) is 2.76. The van der Waals surface area contributed by atoms with Crippen LogP contribution >= 0.6 is 27.3 Å². The fourth-order valence-corrected chi connectivity index (χ4v) is 2.59. The van der Waals surface area contributed by atoms with Crippen LogP contribution in [0, 0.1) is 0 Å². The molecule has 0 atom stereocenters. The Kier molecular flexibility index (Phi) is 2.69. The molecule has 4 heteroatoms. The maximum atomic E-state index is 11.4. The first-order valence-electron chi connectivity index (χ1n) is 4.27. The molecule has 0 bridgehead atoms. The molecule has 1 aromatic heterocycles. The summed E-state index contributed by atoms with van der Waals surface area (Å²) in [5.74, 6) is 0.150. The van der Waals surface area contributed by atoms with E-state index < -0.39 is 0 Å². The van der Waals surface area contributed by atoms with E-state index in [1.54, 1.807) is 11.3 Å². The molecule has 1 heterocycles. The highest BCUT2D eigenvalue weighted by Crippen LogP contribution is 2.23. The van der Waals surface area contributed by atoms with E-state index in [1.807, 2.05) is 12.1 Å². The van der Waals surface area contributed by atoms with E-state index in [-0.39, 0.29) is 5.91 Å². The van der Waals surface area contributed by atoms with Crippen molar-refractivity contribution in [3.8, 4) is 0 Å². The summed E-state index contributed by atoms with van der Waals surface area (Å²) in [6, 6.07) is 4.43. The van der Waals surface area contributed by atoms with Crippen molar-refractivity contribution >= 4 is 33.2 Å². The molecule has 0 spiro atoms. The molecule has 0 aliphatic heterocycles. The summed E-state index contributed by atoms with van der Waals surface area (Å²) in [7, 11) is 0. The van der Waals surface area contributed by atoms with Crippen LogP contribution in [0.4, 0.5) is 0 Å². The van der Waals surface area contributed by atoms with Crippen LogP contribution < -0.4 is 5.32 Å². The summed E-state index contributed by atoms with van der Waals surface area (Å²) in [6.07, 6.45) is 2.83. The van der Waals surface area contributed by atoms with Crippen molar-refractivity contribution in [2.24, 2.45) is 0 Å². The number of carbonyl (C=O) groups excluding carboxylic acids is 1. The quantitative estimate of drug-likeness (QED) is 0.887. The number of carbonyl (C=O) groups is 1. The Morgan fingerprint density at radius 1 is 1.62 bits per heavy atom. The molecule has 2 rings (SSSR count). The lowest BCUT2D eigenvalue weighted by molar-refractivity contribution is -0.120. The van der Waals surface area contributed by atoms with E-state index in [4.69, 9.17) is 0 Å². The highest BCUT2D eigenvalue weighted by molar-refractivity contribution is 9.11. The molecule has 0 radical (unpaired) electrons. The number of nitrogens with one attached hydrogen (secondary N) is 1. The molecule has 1 aliphatic rings. The monoisotopic (exact) mass is 259 g/mol. The number of amides is 1. The van der Waals surface area contributed by atoms with E-state index in [0.29, 0.717) is 12.5 Å². The minimum absolute atomic E-state index is 0.150. The van der Waals surface area contributed by atoms with Crippen LogP contribution in [-0.2, 0) is 11.2 Å². The Hall–Kier alpha value is -0.350. The van der Waals surface area contributed by atoms with Gasteiger partial charge in [-0.1, -0.05) is 0 Å². The number of halogens is 1. The second-order valence-corrected chi connectivity index (χ2v) is 5.77. The van der Waals surface area contributed by atoms with Crippen molar-refractivity contribution < 1.29 is 4.79 Å². The third-order valence-electron chi connectivity index (χ3n) is 1.91. The molecule has 70 valence electrons.